The maximum absolute atomic E-state index is 5.37. The van der Waals surface area contributed by atoms with Gasteiger partial charge in [-0.05, 0) is 30.7 Å². The molecule has 5 heteroatoms. The summed E-state index contributed by atoms with van der Waals surface area (Å²) < 4.78 is 5.37. The summed E-state index contributed by atoms with van der Waals surface area (Å²) in [5.74, 6) is 1.02. The van der Waals surface area contributed by atoms with Crippen molar-refractivity contribution < 1.29 is 4.74 Å². The molecule has 94 valence electrons. The second-order valence-corrected chi connectivity index (χ2v) is 4.46. The number of hydrogen-bond acceptors (Lipinski definition) is 4. The number of rotatable bonds is 2. The van der Waals surface area contributed by atoms with E-state index < -0.39 is 0 Å². The van der Waals surface area contributed by atoms with Gasteiger partial charge in [0.05, 0.1) is 24.6 Å². The summed E-state index contributed by atoms with van der Waals surface area (Å²) in [4.78, 5) is 6.96. The van der Waals surface area contributed by atoms with Crippen LogP contribution in [0.3, 0.4) is 0 Å². The van der Waals surface area contributed by atoms with Crippen molar-refractivity contribution in [1.82, 2.24) is 15.2 Å². The van der Waals surface area contributed by atoms with Gasteiger partial charge >= 0.3 is 0 Å². The summed E-state index contributed by atoms with van der Waals surface area (Å²) in [6.07, 6.45) is 1.74. The fraction of sp³-hybridized carbons (Fsp3) is 0.385. The normalized spacial score (nSPS) is 15.9. The fourth-order valence-corrected chi connectivity index (χ4v) is 2.14. The zero-order valence-electron chi connectivity index (χ0n) is 10.4. The highest BCUT2D eigenvalue weighted by Crippen LogP contribution is 2.21. The Kier molecular flexibility index (Phi) is 2.98. The lowest BCUT2D eigenvalue weighted by Gasteiger charge is -2.28. The highest BCUT2D eigenvalue weighted by atomic mass is 16.5. The molecular weight excluding hydrogens is 228 g/mol. The Morgan fingerprint density at radius 3 is 2.83 bits per heavy atom. The van der Waals surface area contributed by atoms with Gasteiger partial charge in [-0.1, -0.05) is 0 Å². The lowest BCUT2D eigenvalue weighted by molar-refractivity contribution is 0.122. The minimum Gasteiger partial charge on any atom is -0.378 e. The molecule has 0 atom stereocenters. The Hall–Kier alpha value is -1.88. The molecule has 18 heavy (non-hydrogen) atoms. The third-order valence-electron chi connectivity index (χ3n) is 3.07. The van der Waals surface area contributed by atoms with Gasteiger partial charge in [0, 0.05) is 19.3 Å². The molecule has 0 bridgehead atoms. The summed E-state index contributed by atoms with van der Waals surface area (Å²) in [5.41, 5.74) is 3.10. The average molecular weight is 244 g/mol. The molecule has 1 aliphatic heterocycles. The first-order valence-corrected chi connectivity index (χ1v) is 6.14. The van der Waals surface area contributed by atoms with Crippen LogP contribution in [0.1, 0.15) is 5.56 Å². The molecule has 0 amide bonds. The molecule has 0 saturated carbocycles. The van der Waals surface area contributed by atoms with Crippen molar-refractivity contribution in [3.63, 3.8) is 0 Å². The van der Waals surface area contributed by atoms with Crippen LogP contribution in [0.4, 0.5) is 5.82 Å². The van der Waals surface area contributed by atoms with Crippen molar-refractivity contribution in [2.45, 2.75) is 6.92 Å². The van der Waals surface area contributed by atoms with Crippen molar-refractivity contribution in [3.8, 4) is 11.4 Å². The summed E-state index contributed by atoms with van der Waals surface area (Å²) in [7, 11) is 0. The second-order valence-electron chi connectivity index (χ2n) is 4.46. The Balaban J connectivity index is 1.95. The van der Waals surface area contributed by atoms with Crippen LogP contribution < -0.4 is 4.90 Å². The zero-order chi connectivity index (χ0) is 12.4. The third kappa shape index (κ3) is 2.22. The number of hydrogen-bond donors (Lipinski definition) is 1. The number of ether oxygens (including phenoxy) is 1. The van der Waals surface area contributed by atoms with Gasteiger partial charge in [-0.15, -0.1) is 0 Å². The van der Waals surface area contributed by atoms with Crippen LogP contribution in [-0.4, -0.2) is 41.5 Å². The maximum Gasteiger partial charge on any atom is 0.129 e. The van der Waals surface area contributed by atoms with E-state index in [4.69, 9.17) is 9.72 Å². The standard InChI is InChI=1S/C13H16N4O/c1-10-8-12(11-2-3-14-16-11)15-13(9-10)17-4-6-18-7-5-17/h2-3,8-9H,4-7H2,1H3,(H,14,16). The number of aryl methyl sites for hydroxylation is 1. The number of aromatic amines is 1. The number of nitrogens with zero attached hydrogens (tertiary/aromatic N) is 3. The molecule has 3 rings (SSSR count). The lowest BCUT2D eigenvalue weighted by atomic mass is 10.2. The van der Waals surface area contributed by atoms with E-state index in [1.165, 1.54) is 5.56 Å². The molecule has 1 N–H and O–H groups in total. The molecule has 2 aromatic heterocycles. The first-order valence-electron chi connectivity index (χ1n) is 6.14. The molecule has 0 aromatic carbocycles. The Bertz CT molecular complexity index is 518. The lowest BCUT2D eigenvalue weighted by Crippen LogP contribution is -2.36. The van der Waals surface area contributed by atoms with E-state index in [0.29, 0.717) is 0 Å². The van der Waals surface area contributed by atoms with E-state index in [-0.39, 0.29) is 0 Å². The highest BCUT2D eigenvalue weighted by Gasteiger charge is 2.14. The van der Waals surface area contributed by atoms with Gasteiger partial charge in [-0.2, -0.15) is 5.10 Å². The van der Waals surface area contributed by atoms with Crippen molar-refractivity contribution in [3.05, 3.63) is 30.0 Å². The Morgan fingerprint density at radius 2 is 2.11 bits per heavy atom. The number of morpholine rings is 1. The van der Waals surface area contributed by atoms with Crippen LogP contribution in [0.5, 0.6) is 0 Å². The van der Waals surface area contributed by atoms with Crippen molar-refractivity contribution in [2.24, 2.45) is 0 Å². The average Bonchev–Trinajstić information content (AvgIpc) is 2.93. The Labute approximate surface area is 106 Å². The molecule has 0 spiro atoms. The molecule has 0 aliphatic carbocycles. The molecule has 0 radical (unpaired) electrons. The second kappa shape index (κ2) is 4.78. The number of pyridine rings is 1. The number of anilines is 1. The van der Waals surface area contributed by atoms with Crippen LogP contribution in [0.2, 0.25) is 0 Å². The van der Waals surface area contributed by atoms with Crippen molar-refractivity contribution in [1.29, 1.82) is 0 Å². The summed E-state index contributed by atoms with van der Waals surface area (Å²) in [5, 5.41) is 6.93. The van der Waals surface area contributed by atoms with E-state index in [0.717, 1.165) is 43.5 Å². The van der Waals surface area contributed by atoms with E-state index >= 15 is 0 Å². The first-order chi connectivity index (χ1) is 8.83. The SMILES string of the molecule is Cc1cc(-c2ccn[nH]2)nc(N2CCOCC2)c1. The van der Waals surface area contributed by atoms with Crippen molar-refractivity contribution in [2.75, 3.05) is 31.2 Å². The van der Waals surface area contributed by atoms with Gasteiger partial charge in [-0.25, -0.2) is 4.98 Å². The molecule has 1 saturated heterocycles. The molecule has 1 fully saturated rings. The number of nitrogens with one attached hydrogen (secondary N) is 1. The summed E-state index contributed by atoms with van der Waals surface area (Å²) in [6, 6.07) is 6.12. The molecule has 1 aliphatic rings. The zero-order valence-corrected chi connectivity index (χ0v) is 10.4. The Morgan fingerprint density at radius 1 is 1.28 bits per heavy atom. The van der Waals surface area contributed by atoms with Crippen LogP contribution in [0, 0.1) is 6.92 Å². The first kappa shape index (κ1) is 11.2. The van der Waals surface area contributed by atoms with Crippen LogP contribution >= 0.6 is 0 Å². The van der Waals surface area contributed by atoms with Crippen LogP contribution in [-0.2, 0) is 4.74 Å². The van der Waals surface area contributed by atoms with E-state index in [9.17, 15) is 0 Å². The largest absolute Gasteiger partial charge is 0.378 e. The molecule has 5 nitrogen and oxygen atoms in total. The van der Waals surface area contributed by atoms with Crippen LogP contribution in [0.25, 0.3) is 11.4 Å². The third-order valence-corrected chi connectivity index (χ3v) is 3.07. The smallest absolute Gasteiger partial charge is 0.129 e. The fourth-order valence-electron chi connectivity index (χ4n) is 2.14. The summed E-state index contributed by atoms with van der Waals surface area (Å²) in [6.45, 7) is 5.44. The van der Waals surface area contributed by atoms with Crippen LogP contribution in [0.15, 0.2) is 24.4 Å². The molecule has 0 unspecified atom stereocenters. The van der Waals surface area contributed by atoms with Gasteiger partial charge in [0.15, 0.2) is 0 Å². The quantitative estimate of drug-likeness (QED) is 0.872. The molecule has 2 aromatic rings. The highest BCUT2D eigenvalue weighted by molar-refractivity contribution is 5.58. The van der Waals surface area contributed by atoms with Gasteiger partial charge in [0.25, 0.3) is 0 Å². The van der Waals surface area contributed by atoms with Gasteiger partial charge in [0.1, 0.15) is 5.82 Å². The maximum atomic E-state index is 5.37. The topological polar surface area (TPSA) is 54.0 Å². The minimum atomic E-state index is 0.773. The van der Waals surface area contributed by atoms with E-state index in [1.807, 2.05) is 6.07 Å². The monoisotopic (exact) mass is 244 g/mol. The minimum absolute atomic E-state index is 0.773. The molecular formula is C13H16N4O. The van der Waals surface area contributed by atoms with Gasteiger partial charge in [-0.3, -0.25) is 5.10 Å². The predicted molar refractivity (Wildman–Crippen MR) is 69.6 cm³/mol. The van der Waals surface area contributed by atoms with Gasteiger partial charge in [0.2, 0.25) is 0 Å². The number of aromatic nitrogens is 3. The molecule has 3 heterocycles. The summed E-state index contributed by atoms with van der Waals surface area (Å²) >= 11 is 0. The number of H-pyrrole nitrogens is 1. The van der Waals surface area contributed by atoms with Gasteiger partial charge < -0.3 is 9.64 Å². The predicted octanol–water partition coefficient (Wildman–Crippen LogP) is 1.62. The van der Waals surface area contributed by atoms with Crippen molar-refractivity contribution >= 4 is 5.82 Å². The van der Waals surface area contributed by atoms with E-state index in [1.54, 1.807) is 6.20 Å². The van der Waals surface area contributed by atoms with E-state index in [2.05, 4.69) is 34.2 Å².